The highest BCUT2D eigenvalue weighted by Crippen LogP contribution is 2.32. The highest BCUT2D eigenvalue weighted by atomic mass is 32.1. The smallest absolute Gasteiger partial charge is 0.307 e. The van der Waals surface area contributed by atoms with Gasteiger partial charge >= 0.3 is 4.87 Å². The van der Waals surface area contributed by atoms with Crippen molar-refractivity contribution < 1.29 is 4.79 Å². The fourth-order valence-electron chi connectivity index (χ4n) is 2.95. The van der Waals surface area contributed by atoms with E-state index in [-0.39, 0.29) is 16.8 Å². The molecule has 2 heterocycles. The van der Waals surface area contributed by atoms with E-state index in [1.807, 2.05) is 35.4 Å². The monoisotopic (exact) mass is 302 g/mol. The van der Waals surface area contributed by atoms with E-state index in [1.165, 1.54) is 16.9 Å². The van der Waals surface area contributed by atoms with Gasteiger partial charge in [-0.25, -0.2) is 0 Å². The molecule has 110 valence electrons. The average Bonchev–Trinajstić information content (AvgIpc) is 2.96. The number of fused-ring (bicyclic) bond motifs is 1. The van der Waals surface area contributed by atoms with E-state index in [0.717, 1.165) is 17.8 Å². The van der Waals surface area contributed by atoms with Crippen molar-refractivity contribution in [3.8, 4) is 0 Å². The van der Waals surface area contributed by atoms with Crippen molar-refractivity contribution in [2.75, 3.05) is 4.90 Å². The fourth-order valence-corrected chi connectivity index (χ4v) is 3.71. The summed E-state index contributed by atoms with van der Waals surface area (Å²) in [5, 5.41) is 1.83. The van der Waals surface area contributed by atoms with E-state index in [0.29, 0.717) is 13.0 Å². The number of benzene rings is 1. The van der Waals surface area contributed by atoms with Gasteiger partial charge in [0, 0.05) is 35.8 Å². The minimum atomic E-state index is 0.00942. The Labute approximate surface area is 127 Å². The Balaban J connectivity index is 1.76. The van der Waals surface area contributed by atoms with Gasteiger partial charge in [-0.1, -0.05) is 29.5 Å². The Hall–Kier alpha value is -1.88. The Bertz CT molecular complexity index is 732. The summed E-state index contributed by atoms with van der Waals surface area (Å²) in [5.41, 5.74) is 3.17. The quantitative estimate of drug-likeness (QED) is 0.874. The van der Waals surface area contributed by atoms with Crippen molar-refractivity contribution in [3.05, 3.63) is 50.6 Å². The third kappa shape index (κ3) is 2.53. The van der Waals surface area contributed by atoms with Crippen molar-refractivity contribution in [1.82, 2.24) is 4.57 Å². The zero-order valence-corrected chi connectivity index (χ0v) is 13.0. The number of hydrogen-bond donors (Lipinski definition) is 0. The van der Waals surface area contributed by atoms with E-state index in [2.05, 4.69) is 13.0 Å². The van der Waals surface area contributed by atoms with Crippen molar-refractivity contribution in [1.29, 1.82) is 0 Å². The van der Waals surface area contributed by atoms with E-state index in [1.54, 1.807) is 4.57 Å². The van der Waals surface area contributed by atoms with Crippen molar-refractivity contribution in [2.24, 2.45) is 0 Å². The number of aryl methyl sites for hydroxylation is 1. The van der Waals surface area contributed by atoms with Gasteiger partial charge in [0.25, 0.3) is 0 Å². The third-order valence-corrected chi connectivity index (χ3v) is 4.88. The van der Waals surface area contributed by atoms with E-state index >= 15 is 0 Å². The van der Waals surface area contributed by atoms with Gasteiger partial charge < -0.3 is 9.47 Å². The number of hydrogen-bond acceptors (Lipinski definition) is 3. The molecule has 2 aromatic rings. The van der Waals surface area contributed by atoms with Crippen LogP contribution in [-0.2, 0) is 17.8 Å². The number of nitrogens with zero attached hydrogens (tertiary/aromatic N) is 2. The van der Waals surface area contributed by atoms with Gasteiger partial charge in [-0.3, -0.25) is 9.59 Å². The second-order valence-electron chi connectivity index (χ2n) is 5.49. The minimum absolute atomic E-state index is 0.00942. The number of amides is 1. The molecule has 0 saturated heterocycles. The molecule has 0 bridgehead atoms. The summed E-state index contributed by atoms with van der Waals surface area (Å²) < 4.78 is 1.68. The number of thiazole rings is 1. The molecule has 5 heteroatoms. The number of anilines is 1. The molecular weight excluding hydrogens is 284 g/mol. The molecule has 0 aliphatic carbocycles. The van der Waals surface area contributed by atoms with Crippen LogP contribution in [0.4, 0.5) is 5.69 Å². The molecular formula is C16H18N2O2S. The summed E-state index contributed by atoms with van der Waals surface area (Å²) >= 11 is 1.19. The molecule has 0 fully saturated rings. The Kier molecular flexibility index (Phi) is 3.68. The number of aromatic nitrogens is 1. The van der Waals surface area contributed by atoms with Crippen LogP contribution in [0.2, 0.25) is 0 Å². The molecule has 1 unspecified atom stereocenters. The molecule has 1 atom stereocenters. The van der Waals surface area contributed by atoms with E-state index in [9.17, 15) is 9.59 Å². The van der Waals surface area contributed by atoms with Gasteiger partial charge in [-0.05, 0) is 31.9 Å². The van der Waals surface area contributed by atoms with Crippen molar-refractivity contribution in [3.63, 3.8) is 0 Å². The first-order valence-corrected chi connectivity index (χ1v) is 8.01. The first kappa shape index (κ1) is 14.1. The topological polar surface area (TPSA) is 42.3 Å². The summed E-state index contributed by atoms with van der Waals surface area (Å²) in [6, 6.07) is 8.24. The zero-order chi connectivity index (χ0) is 15.0. The van der Waals surface area contributed by atoms with Gasteiger partial charge in [-0.15, -0.1) is 0 Å². The van der Waals surface area contributed by atoms with Crippen LogP contribution in [-0.4, -0.2) is 16.5 Å². The van der Waals surface area contributed by atoms with Gasteiger partial charge in [0.1, 0.15) is 0 Å². The Morgan fingerprint density at radius 3 is 2.86 bits per heavy atom. The van der Waals surface area contributed by atoms with Crippen LogP contribution in [0, 0.1) is 6.92 Å². The molecule has 1 aliphatic rings. The molecule has 3 rings (SSSR count). The highest BCUT2D eigenvalue weighted by Gasteiger charge is 2.30. The summed E-state index contributed by atoms with van der Waals surface area (Å²) in [6.07, 6.45) is 1.26. The lowest BCUT2D eigenvalue weighted by Gasteiger charge is -2.23. The van der Waals surface area contributed by atoms with Crippen LogP contribution in [0.25, 0.3) is 0 Å². The lowest BCUT2D eigenvalue weighted by Crippen LogP contribution is -2.36. The van der Waals surface area contributed by atoms with Crippen molar-refractivity contribution in [2.45, 2.75) is 39.3 Å². The lowest BCUT2D eigenvalue weighted by atomic mass is 10.1. The first-order chi connectivity index (χ1) is 10.1. The van der Waals surface area contributed by atoms with Crippen LogP contribution in [0.3, 0.4) is 0 Å². The SMILES string of the molecule is Cc1csc(=O)n1CCC(=O)N1c2ccccc2CC1C. The summed E-state index contributed by atoms with van der Waals surface area (Å²) in [7, 11) is 0. The molecule has 1 aromatic carbocycles. The van der Waals surface area contributed by atoms with Crippen LogP contribution >= 0.6 is 11.3 Å². The Morgan fingerprint density at radius 1 is 1.38 bits per heavy atom. The minimum Gasteiger partial charge on any atom is -0.309 e. The second-order valence-corrected chi connectivity index (χ2v) is 6.31. The second kappa shape index (κ2) is 5.48. The number of rotatable bonds is 3. The largest absolute Gasteiger partial charge is 0.309 e. The number of carbonyl (C=O) groups is 1. The van der Waals surface area contributed by atoms with Gasteiger partial charge in [-0.2, -0.15) is 0 Å². The van der Waals surface area contributed by atoms with E-state index < -0.39 is 0 Å². The molecule has 0 spiro atoms. The normalized spacial score (nSPS) is 17.0. The van der Waals surface area contributed by atoms with Crippen LogP contribution in [0.1, 0.15) is 24.6 Å². The molecule has 1 amide bonds. The van der Waals surface area contributed by atoms with Gasteiger partial charge in [0.2, 0.25) is 5.91 Å². The van der Waals surface area contributed by atoms with Gasteiger partial charge in [0.05, 0.1) is 0 Å². The molecule has 1 aromatic heterocycles. The molecule has 0 radical (unpaired) electrons. The van der Waals surface area contributed by atoms with Crippen molar-refractivity contribution >= 4 is 22.9 Å². The Morgan fingerprint density at radius 2 is 2.14 bits per heavy atom. The lowest BCUT2D eigenvalue weighted by molar-refractivity contribution is -0.119. The summed E-state index contributed by atoms with van der Waals surface area (Å²) in [4.78, 5) is 26.1. The van der Waals surface area contributed by atoms with Crippen LogP contribution in [0.5, 0.6) is 0 Å². The summed E-state index contributed by atoms with van der Waals surface area (Å²) in [6.45, 7) is 4.43. The summed E-state index contributed by atoms with van der Waals surface area (Å²) in [5.74, 6) is 0.0879. The molecule has 4 nitrogen and oxygen atoms in total. The van der Waals surface area contributed by atoms with Gasteiger partial charge in [0.15, 0.2) is 0 Å². The van der Waals surface area contributed by atoms with Crippen LogP contribution < -0.4 is 9.77 Å². The fraction of sp³-hybridized carbons (Fsp3) is 0.375. The standard InChI is InChI=1S/C16H18N2O2S/c1-11-9-13-5-3-4-6-14(13)18(11)15(19)7-8-17-12(2)10-21-16(17)20/h3-6,10-11H,7-9H2,1-2H3. The molecule has 0 N–H and O–H groups in total. The third-order valence-electron chi connectivity index (χ3n) is 4.00. The highest BCUT2D eigenvalue weighted by molar-refractivity contribution is 7.07. The predicted molar refractivity (Wildman–Crippen MR) is 85.0 cm³/mol. The maximum atomic E-state index is 12.6. The average molecular weight is 302 g/mol. The maximum absolute atomic E-state index is 12.6. The maximum Gasteiger partial charge on any atom is 0.307 e. The first-order valence-electron chi connectivity index (χ1n) is 7.13. The number of para-hydroxylation sites is 1. The predicted octanol–water partition coefficient (Wildman–Crippen LogP) is 2.59. The zero-order valence-electron chi connectivity index (χ0n) is 12.2. The van der Waals surface area contributed by atoms with Crippen LogP contribution in [0.15, 0.2) is 34.4 Å². The molecule has 21 heavy (non-hydrogen) atoms. The van der Waals surface area contributed by atoms with E-state index in [4.69, 9.17) is 0 Å². The molecule has 1 aliphatic heterocycles. The molecule has 0 saturated carbocycles. The number of carbonyl (C=O) groups excluding carboxylic acids is 1.